The van der Waals surface area contributed by atoms with Crippen LogP contribution < -0.4 is 0 Å². The summed E-state index contributed by atoms with van der Waals surface area (Å²) in [4.78, 5) is 11.0. The molecule has 1 atom stereocenters. The SMILES string of the molecule is CC(C)CCCCCCCCCCOC(=O)C(O)CO. The highest BCUT2D eigenvalue weighted by Gasteiger charge is 2.14. The Morgan fingerprint density at radius 1 is 0.950 bits per heavy atom. The smallest absolute Gasteiger partial charge is 0.337 e. The zero-order chi connectivity index (χ0) is 15.2. The second-order valence-electron chi connectivity index (χ2n) is 5.88. The summed E-state index contributed by atoms with van der Waals surface area (Å²) >= 11 is 0. The maximum atomic E-state index is 11.0. The van der Waals surface area contributed by atoms with Crippen LogP contribution in [0.25, 0.3) is 0 Å². The average Bonchev–Trinajstić information content (AvgIpc) is 2.43. The van der Waals surface area contributed by atoms with Gasteiger partial charge in [0, 0.05) is 0 Å². The molecule has 0 rings (SSSR count). The quantitative estimate of drug-likeness (QED) is 0.404. The van der Waals surface area contributed by atoms with Crippen molar-refractivity contribution in [2.24, 2.45) is 5.92 Å². The van der Waals surface area contributed by atoms with Crippen LogP contribution in [0.4, 0.5) is 0 Å². The molecule has 0 bridgehead atoms. The summed E-state index contributed by atoms with van der Waals surface area (Å²) in [6.07, 6.45) is 9.55. The third kappa shape index (κ3) is 12.4. The number of hydrogen-bond donors (Lipinski definition) is 2. The lowest BCUT2D eigenvalue weighted by Gasteiger charge is -2.08. The van der Waals surface area contributed by atoms with E-state index in [2.05, 4.69) is 13.8 Å². The number of ether oxygens (including phenoxy) is 1. The molecule has 20 heavy (non-hydrogen) atoms. The largest absolute Gasteiger partial charge is 0.464 e. The monoisotopic (exact) mass is 288 g/mol. The van der Waals surface area contributed by atoms with E-state index < -0.39 is 18.7 Å². The first-order chi connectivity index (χ1) is 9.57. The molecule has 0 fully saturated rings. The van der Waals surface area contributed by atoms with Gasteiger partial charge in [0.25, 0.3) is 0 Å². The molecule has 1 unspecified atom stereocenters. The topological polar surface area (TPSA) is 66.8 Å². The van der Waals surface area contributed by atoms with Crippen LogP contribution >= 0.6 is 0 Å². The maximum Gasteiger partial charge on any atom is 0.337 e. The van der Waals surface area contributed by atoms with Crippen molar-refractivity contribution in [3.05, 3.63) is 0 Å². The predicted molar refractivity (Wildman–Crippen MR) is 80.4 cm³/mol. The van der Waals surface area contributed by atoms with Crippen LogP contribution in [0.2, 0.25) is 0 Å². The Labute approximate surface area is 123 Å². The van der Waals surface area contributed by atoms with Crippen LogP contribution in [0.3, 0.4) is 0 Å². The molecule has 0 aliphatic heterocycles. The van der Waals surface area contributed by atoms with Gasteiger partial charge in [-0.2, -0.15) is 0 Å². The molecule has 0 aromatic rings. The van der Waals surface area contributed by atoms with Gasteiger partial charge >= 0.3 is 5.97 Å². The van der Waals surface area contributed by atoms with Gasteiger partial charge in [0.2, 0.25) is 0 Å². The minimum absolute atomic E-state index is 0.338. The summed E-state index contributed by atoms with van der Waals surface area (Å²) in [6.45, 7) is 4.30. The lowest BCUT2D eigenvalue weighted by Crippen LogP contribution is -2.26. The van der Waals surface area contributed by atoms with E-state index in [1.165, 1.54) is 44.9 Å². The van der Waals surface area contributed by atoms with E-state index in [0.717, 1.165) is 18.8 Å². The molecule has 4 heteroatoms. The van der Waals surface area contributed by atoms with E-state index in [1.807, 2.05) is 0 Å². The molecule has 0 aromatic heterocycles. The van der Waals surface area contributed by atoms with Gasteiger partial charge in [-0.1, -0.05) is 65.2 Å². The van der Waals surface area contributed by atoms with Gasteiger partial charge in [0.05, 0.1) is 13.2 Å². The van der Waals surface area contributed by atoms with Crippen LogP contribution in [0, 0.1) is 5.92 Å². The lowest BCUT2D eigenvalue weighted by atomic mass is 10.0. The van der Waals surface area contributed by atoms with Gasteiger partial charge < -0.3 is 14.9 Å². The Morgan fingerprint density at radius 2 is 1.45 bits per heavy atom. The molecule has 2 N–H and O–H groups in total. The highest BCUT2D eigenvalue weighted by Crippen LogP contribution is 2.12. The van der Waals surface area contributed by atoms with Gasteiger partial charge in [0.1, 0.15) is 0 Å². The fourth-order valence-corrected chi connectivity index (χ4v) is 2.06. The van der Waals surface area contributed by atoms with E-state index >= 15 is 0 Å². The number of carbonyl (C=O) groups is 1. The Morgan fingerprint density at radius 3 is 1.95 bits per heavy atom. The van der Waals surface area contributed by atoms with E-state index in [0.29, 0.717) is 6.61 Å². The minimum atomic E-state index is -1.39. The van der Waals surface area contributed by atoms with Crippen molar-refractivity contribution in [1.82, 2.24) is 0 Å². The number of carbonyl (C=O) groups excluding carboxylic acids is 1. The highest BCUT2D eigenvalue weighted by atomic mass is 16.5. The van der Waals surface area contributed by atoms with Crippen molar-refractivity contribution in [3.8, 4) is 0 Å². The number of aliphatic hydroxyl groups excluding tert-OH is 2. The van der Waals surface area contributed by atoms with Crippen molar-refractivity contribution < 1.29 is 19.7 Å². The number of hydrogen-bond acceptors (Lipinski definition) is 4. The first-order valence-electron chi connectivity index (χ1n) is 8.03. The molecule has 0 amide bonds. The van der Waals surface area contributed by atoms with E-state index in [-0.39, 0.29) is 0 Å². The Bertz CT molecular complexity index is 229. The molecule has 4 nitrogen and oxygen atoms in total. The fourth-order valence-electron chi connectivity index (χ4n) is 2.06. The molecule has 0 saturated heterocycles. The zero-order valence-corrected chi connectivity index (χ0v) is 13.1. The highest BCUT2D eigenvalue weighted by molar-refractivity contribution is 5.74. The van der Waals surface area contributed by atoms with Gasteiger partial charge in [-0.15, -0.1) is 0 Å². The molecule has 0 saturated carbocycles. The van der Waals surface area contributed by atoms with Crippen molar-refractivity contribution in [2.75, 3.05) is 13.2 Å². The third-order valence-corrected chi connectivity index (χ3v) is 3.37. The van der Waals surface area contributed by atoms with Crippen molar-refractivity contribution in [2.45, 2.75) is 77.7 Å². The van der Waals surface area contributed by atoms with Crippen molar-refractivity contribution in [3.63, 3.8) is 0 Å². The van der Waals surface area contributed by atoms with E-state index in [4.69, 9.17) is 14.9 Å². The summed E-state index contributed by atoms with van der Waals surface area (Å²) < 4.78 is 4.83. The number of rotatable bonds is 13. The molecular weight excluding hydrogens is 256 g/mol. The molecule has 120 valence electrons. The molecule has 0 heterocycles. The summed E-state index contributed by atoms with van der Waals surface area (Å²) in [7, 11) is 0. The van der Waals surface area contributed by atoms with Crippen LogP contribution in [0.5, 0.6) is 0 Å². The number of aliphatic hydroxyl groups is 2. The second-order valence-corrected chi connectivity index (χ2v) is 5.88. The summed E-state index contributed by atoms with van der Waals surface area (Å²) in [5.74, 6) is 0.0970. The van der Waals surface area contributed by atoms with Gasteiger partial charge in [-0.25, -0.2) is 4.79 Å². The minimum Gasteiger partial charge on any atom is -0.464 e. The third-order valence-electron chi connectivity index (χ3n) is 3.37. The molecule has 0 aliphatic rings. The predicted octanol–water partition coefficient (Wildman–Crippen LogP) is 3.05. The maximum absolute atomic E-state index is 11.0. The molecule has 0 radical (unpaired) electrons. The lowest BCUT2D eigenvalue weighted by molar-refractivity contribution is -0.155. The van der Waals surface area contributed by atoms with Crippen molar-refractivity contribution in [1.29, 1.82) is 0 Å². The van der Waals surface area contributed by atoms with E-state index in [9.17, 15) is 4.79 Å². The molecule has 0 aliphatic carbocycles. The number of esters is 1. The second kappa shape index (κ2) is 13.4. The summed E-state index contributed by atoms with van der Waals surface area (Å²) in [5, 5.41) is 17.5. The first kappa shape index (κ1) is 19.4. The molecular formula is C16H32O4. The molecule has 0 spiro atoms. The number of unbranched alkanes of at least 4 members (excludes halogenated alkanes) is 7. The van der Waals surface area contributed by atoms with E-state index in [1.54, 1.807) is 0 Å². The van der Waals surface area contributed by atoms with Gasteiger partial charge in [-0.05, 0) is 12.3 Å². The van der Waals surface area contributed by atoms with Crippen molar-refractivity contribution >= 4 is 5.97 Å². The van der Waals surface area contributed by atoms with Gasteiger partial charge in [0.15, 0.2) is 6.10 Å². The average molecular weight is 288 g/mol. The summed E-state index contributed by atoms with van der Waals surface area (Å²) in [6, 6.07) is 0. The Balaban J connectivity index is 3.15. The summed E-state index contributed by atoms with van der Waals surface area (Å²) in [5.41, 5.74) is 0. The van der Waals surface area contributed by atoms with Gasteiger partial charge in [-0.3, -0.25) is 0 Å². The fraction of sp³-hybridized carbons (Fsp3) is 0.938. The first-order valence-corrected chi connectivity index (χ1v) is 8.03. The van der Waals surface area contributed by atoms with Crippen LogP contribution in [-0.2, 0) is 9.53 Å². The Kier molecular flexibility index (Phi) is 13.0. The van der Waals surface area contributed by atoms with Crippen LogP contribution in [0.15, 0.2) is 0 Å². The normalized spacial score (nSPS) is 12.7. The zero-order valence-electron chi connectivity index (χ0n) is 13.1. The van der Waals surface area contributed by atoms with Crippen LogP contribution in [0.1, 0.15) is 71.6 Å². The molecule has 0 aromatic carbocycles. The Hall–Kier alpha value is -0.610. The standard InChI is InChI=1S/C16H32O4/c1-14(2)11-9-7-5-3-4-6-8-10-12-20-16(19)15(18)13-17/h14-15,17-18H,3-13H2,1-2H3. The van der Waals surface area contributed by atoms with Crippen LogP contribution in [-0.4, -0.2) is 35.5 Å².